The van der Waals surface area contributed by atoms with Crippen LogP contribution in [0.4, 0.5) is 0 Å². The lowest BCUT2D eigenvalue weighted by Gasteiger charge is -2.40. The fourth-order valence-corrected chi connectivity index (χ4v) is 3.96. The third-order valence-electron chi connectivity index (χ3n) is 4.44. The van der Waals surface area contributed by atoms with Gasteiger partial charge in [0.05, 0.1) is 11.0 Å². The monoisotopic (exact) mass is 290 g/mol. The van der Waals surface area contributed by atoms with E-state index in [-0.39, 0.29) is 16.5 Å². The van der Waals surface area contributed by atoms with Crippen LogP contribution in [0.5, 0.6) is 0 Å². The standard InChI is InChI=1S/C14H30N2O2S/c1-4-9-16(10-11-19(17,18)13(2)3)14(12-15)7-5-6-8-14/h13H,4-12,15H2,1-3H3. The van der Waals surface area contributed by atoms with Gasteiger partial charge in [-0.2, -0.15) is 0 Å². The highest BCUT2D eigenvalue weighted by Crippen LogP contribution is 2.34. The van der Waals surface area contributed by atoms with E-state index in [4.69, 9.17) is 5.73 Å². The largest absolute Gasteiger partial charge is 0.329 e. The van der Waals surface area contributed by atoms with Crippen molar-refractivity contribution in [2.24, 2.45) is 5.73 Å². The maximum absolute atomic E-state index is 12.0. The van der Waals surface area contributed by atoms with E-state index in [9.17, 15) is 8.42 Å². The zero-order chi connectivity index (χ0) is 14.5. The lowest BCUT2D eigenvalue weighted by Crippen LogP contribution is -2.53. The zero-order valence-corrected chi connectivity index (χ0v) is 13.5. The summed E-state index contributed by atoms with van der Waals surface area (Å²) in [5.41, 5.74) is 6.07. The molecule has 0 aromatic carbocycles. The fraction of sp³-hybridized carbons (Fsp3) is 1.00. The van der Waals surface area contributed by atoms with E-state index in [1.807, 2.05) is 0 Å². The molecule has 4 nitrogen and oxygen atoms in total. The smallest absolute Gasteiger partial charge is 0.153 e. The molecule has 1 aliphatic carbocycles. The molecular formula is C14H30N2O2S. The zero-order valence-electron chi connectivity index (χ0n) is 12.7. The van der Waals surface area contributed by atoms with Gasteiger partial charge in [0.1, 0.15) is 0 Å². The number of nitrogens with two attached hydrogens (primary N) is 1. The molecule has 0 amide bonds. The summed E-state index contributed by atoms with van der Waals surface area (Å²) in [7, 11) is -2.96. The highest BCUT2D eigenvalue weighted by molar-refractivity contribution is 7.92. The molecular weight excluding hydrogens is 260 g/mol. The number of hydrogen-bond acceptors (Lipinski definition) is 4. The molecule has 0 radical (unpaired) electrons. The molecule has 114 valence electrons. The van der Waals surface area contributed by atoms with Gasteiger partial charge in [-0.3, -0.25) is 4.90 Å². The molecule has 0 spiro atoms. The SMILES string of the molecule is CCCN(CCS(=O)(=O)C(C)C)C1(CN)CCCC1. The van der Waals surface area contributed by atoms with Gasteiger partial charge in [-0.1, -0.05) is 19.8 Å². The van der Waals surface area contributed by atoms with Crippen molar-refractivity contribution in [2.75, 3.05) is 25.4 Å². The lowest BCUT2D eigenvalue weighted by molar-refractivity contribution is 0.106. The van der Waals surface area contributed by atoms with E-state index in [0.29, 0.717) is 13.1 Å². The van der Waals surface area contributed by atoms with Gasteiger partial charge in [-0.05, 0) is 39.7 Å². The Kier molecular flexibility index (Phi) is 6.27. The summed E-state index contributed by atoms with van der Waals surface area (Å²) in [6.45, 7) is 7.88. The molecule has 0 bridgehead atoms. The first-order chi connectivity index (χ1) is 8.88. The minimum absolute atomic E-state index is 0.0580. The molecule has 0 atom stereocenters. The van der Waals surface area contributed by atoms with E-state index < -0.39 is 9.84 Å². The molecule has 0 saturated heterocycles. The Bertz CT molecular complexity index is 360. The molecule has 0 unspecified atom stereocenters. The van der Waals surface area contributed by atoms with Gasteiger partial charge in [0.15, 0.2) is 9.84 Å². The number of nitrogens with zero attached hydrogens (tertiary/aromatic N) is 1. The first kappa shape index (κ1) is 16.9. The van der Waals surface area contributed by atoms with Crippen LogP contribution < -0.4 is 5.73 Å². The van der Waals surface area contributed by atoms with Crippen LogP contribution in [-0.4, -0.2) is 49.5 Å². The van der Waals surface area contributed by atoms with Gasteiger partial charge < -0.3 is 5.73 Å². The molecule has 2 N–H and O–H groups in total. The topological polar surface area (TPSA) is 63.4 Å². The molecule has 0 aromatic rings. The minimum Gasteiger partial charge on any atom is -0.329 e. The molecule has 1 aliphatic rings. The van der Waals surface area contributed by atoms with E-state index in [0.717, 1.165) is 25.8 Å². The van der Waals surface area contributed by atoms with Gasteiger partial charge in [0.25, 0.3) is 0 Å². The van der Waals surface area contributed by atoms with E-state index in [1.54, 1.807) is 13.8 Å². The van der Waals surface area contributed by atoms with Crippen molar-refractivity contribution in [3.8, 4) is 0 Å². The molecule has 1 fully saturated rings. The summed E-state index contributed by atoms with van der Waals surface area (Å²) >= 11 is 0. The second-order valence-electron chi connectivity index (χ2n) is 6.04. The van der Waals surface area contributed by atoms with Crippen molar-refractivity contribution in [3.63, 3.8) is 0 Å². The van der Waals surface area contributed by atoms with E-state index in [2.05, 4.69) is 11.8 Å². The Hall–Kier alpha value is -0.130. The predicted molar refractivity (Wildman–Crippen MR) is 81.0 cm³/mol. The van der Waals surface area contributed by atoms with Crippen LogP contribution in [0.1, 0.15) is 52.9 Å². The van der Waals surface area contributed by atoms with Crippen LogP contribution in [0, 0.1) is 0 Å². The van der Waals surface area contributed by atoms with Crippen LogP contribution in [-0.2, 0) is 9.84 Å². The highest BCUT2D eigenvalue weighted by atomic mass is 32.2. The molecule has 5 heteroatoms. The second kappa shape index (κ2) is 7.04. The first-order valence-electron chi connectivity index (χ1n) is 7.54. The number of sulfone groups is 1. The summed E-state index contributed by atoms with van der Waals surface area (Å²) < 4.78 is 24.0. The van der Waals surface area contributed by atoms with Gasteiger partial charge in [-0.25, -0.2) is 8.42 Å². The van der Waals surface area contributed by atoms with Crippen molar-refractivity contribution >= 4 is 9.84 Å². The van der Waals surface area contributed by atoms with Crippen LogP contribution >= 0.6 is 0 Å². The number of hydrogen-bond donors (Lipinski definition) is 1. The van der Waals surface area contributed by atoms with Gasteiger partial charge >= 0.3 is 0 Å². The van der Waals surface area contributed by atoms with Crippen molar-refractivity contribution < 1.29 is 8.42 Å². The molecule has 0 heterocycles. The summed E-state index contributed by atoms with van der Waals surface area (Å²) in [6.07, 6.45) is 5.71. The quantitative estimate of drug-likeness (QED) is 0.740. The number of rotatable bonds is 8. The highest BCUT2D eigenvalue weighted by Gasteiger charge is 2.38. The average Bonchev–Trinajstić information content (AvgIpc) is 2.84. The van der Waals surface area contributed by atoms with E-state index in [1.165, 1.54) is 12.8 Å². The first-order valence-corrected chi connectivity index (χ1v) is 9.26. The van der Waals surface area contributed by atoms with Gasteiger partial charge in [-0.15, -0.1) is 0 Å². The predicted octanol–water partition coefficient (Wildman–Crippen LogP) is 1.79. The Morgan fingerprint density at radius 2 is 1.79 bits per heavy atom. The minimum atomic E-state index is -2.96. The van der Waals surface area contributed by atoms with Crippen molar-refractivity contribution in [1.82, 2.24) is 4.90 Å². The van der Waals surface area contributed by atoms with Crippen LogP contribution in [0.15, 0.2) is 0 Å². The van der Waals surface area contributed by atoms with Gasteiger partial charge in [0, 0.05) is 18.6 Å². The Balaban J connectivity index is 2.73. The van der Waals surface area contributed by atoms with Crippen molar-refractivity contribution in [3.05, 3.63) is 0 Å². The molecule has 0 aliphatic heterocycles. The van der Waals surface area contributed by atoms with Crippen molar-refractivity contribution in [2.45, 2.75) is 63.7 Å². The molecule has 0 aromatic heterocycles. The maximum Gasteiger partial charge on any atom is 0.153 e. The summed E-state index contributed by atoms with van der Waals surface area (Å²) in [5.74, 6) is 0.256. The van der Waals surface area contributed by atoms with E-state index >= 15 is 0 Å². The molecule has 1 rings (SSSR count). The maximum atomic E-state index is 12.0. The fourth-order valence-electron chi connectivity index (χ4n) is 3.01. The third kappa shape index (κ3) is 4.17. The summed E-state index contributed by atoms with van der Waals surface area (Å²) in [5, 5.41) is -0.284. The Labute approximate surface area is 118 Å². The summed E-state index contributed by atoms with van der Waals surface area (Å²) in [4.78, 5) is 2.35. The van der Waals surface area contributed by atoms with Crippen LogP contribution in [0.3, 0.4) is 0 Å². The van der Waals surface area contributed by atoms with Crippen LogP contribution in [0.25, 0.3) is 0 Å². The Morgan fingerprint density at radius 1 is 1.21 bits per heavy atom. The van der Waals surface area contributed by atoms with Crippen LogP contribution in [0.2, 0.25) is 0 Å². The Morgan fingerprint density at radius 3 is 2.21 bits per heavy atom. The summed E-state index contributed by atoms with van der Waals surface area (Å²) in [6, 6.07) is 0. The second-order valence-corrected chi connectivity index (χ2v) is 8.72. The average molecular weight is 290 g/mol. The van der Waals surface area contributed by atoms with Crippen molar-refractivity contribution in [1.29, 1.82) is 0 Å². The normalized spacial score (nSPS) is 19.5. The third-order valence-corrected chi connectivity index (χ3v) is 6.63. The molecule has 1 saturated carbocycles. The lowest BCUT2D eigenvalue weighted by atomic mass is 9.95. The van der Waals surface area contributed by atoms with Gasteiger partial charge in [0.2, 0.25) is 0 Å². The molecule has 19 heavy (non-hydrogen) atoms.